The Balaban J connectivity index is 1.49. The van der Waals surface area contributed by atoms with Crippen LogP contribution in [0.4, 0.5) is 0 Å². The monoisotopic (exact) mass is 372 g/mol. The maximum Gasteiger partial charge on any atom is 0.313 e. The minimum Gasteiger partial charge on any atom is -0.481 e. The van der Waals surface area contributed by atoms with Gasteiger partial charge in [0.2, 0.25) is 5.91 Å². The molecule has 2 aromatic rings. The summed E-state index contributed by atoms with van der Waals surface area (Å²) in [5.74, 6) is 0.363. The molecule has 1 amide bonds. The van der Waals surface area contributed by atoms with Gasteiger partial charge in [-0.05, 0) is 12.8 Å². The van der Waals surface area contributed by atoms with Crippen LogP contribution in [0.1, 0.15) is 25.2 Å². The summed E-state index contributed by atoms with van der Waals surface area (Å²) >= 11 is 0. The van der Waals surface area contributed by atoms with Crippen LogP contribution in [0.25, 0.3) is 11.3 Å². The second kappa shape index (κ2) is 8.35. The fourth-order valence-corrected chi connectivity index (χ4v) is 3.43. The second-order valence-corrected chi connectivity index (χ2v) is 6.92. The Hall–Kier alpha value is -2.67. The number of likely N-dealkylation sites (tertiary alicyclic amines) is 1. The number of amides is 1. The Morgan fingerprint density at radius 2 is 2.11 bits per heavy atom. The molecule has 1 aromatic heterocycles. The molecule has 144 valence electrons. The van der Waals surface area contributed by atoms with Gasteiger partial charge >= 0.3 is 5.97 Å². The molecule has 0 radical (unpaired) electrons. The number of carbonyl (C=O) groups is 2. The van der Waals surface area contributed by atoms with Gasteiger partial charge in [0.1, 0.15) is 5.41 Å². The topological polar surface area (TPSA) is 92.9 Å². The lowest BCUT2D eigenvalue weighted by atomic mass is 9.88. The average molecular weight is 372 g/mol. The van der Waals surface area contributed by atoms with Gasteiger partial charge in [-0.25, -0.2) is 4.98 Å². The molecule has 1 aromatic carbocycles. The molecule has 1 N–H and O–H groups in total. The van der Waals surface area contributed by atoms with Crippen LogP contribution >= 0.6 is 0 Å². The molecule has 7 nitrogen and oxygen atoms in total. The number of methoxy groups -OCH3 is 1. The number of ether oxygens (including phenoxy) is 1. The van der Waals surface area contributed by atoms with Crippen LogP contribution in [-0.4, -0.2) is 53.7 Å². The molecule has 27 heavy (non-hydrogen) atoms. The molecule has 1 fully saturated rings. The molecule has 1 unspecified atom stereocenters. The first-order valence-electron chi connectivity index (χ1n) is 9.04. The number of oxazole rings is 1. The van der Waals surface area contributed by atoms with Crippen molar-refractivity contribution in [3.8, 4) is 11.3 Å². The number of benzene rings is 1. The first kappa shape index (κ1) is 19.1. The number of carboxylic acid groups (broad SMARTS) is 1. The zero-order chi connectivity index (χ0) is 19.3. The van der Waals surface area contributed by atoms with E-state index in [0.29, 0.717) is 43.9 Å². The minimum atomic E-state index is -0.989. The highest BCUT2D eigenvalue weighted by molar-refractivity contribution is 5.80. The number of aliphatic carboxylic acids is 1. The quantitative estimate of drug-likeness (QED) is 0.766. The molecule has 0 aliphatic carbocycles. The fraction of sp³-hybridized carbons (Fsp3) is 0.450. The molecule has 1 saturated heterocycles. The Bertz CT molecular complexity index is 789. The van der Waals surface area contributed by atoms with E-state index in [2.05, 4.69) is 4.98 Å². The van der Waals surface area contributed by atoms with Crippen molar-refractivity contribution in [2.24, 2.45) is 5.41 Å². The second-order valence-electron chi connectivity index (χ2n) is 6.92. The van der Waals surface area contributed by atoms with Crippen LogP contribution in [-0.2, 0) is 20.7 Å². The van der Waals surface area contributed by atoms with Crippen molar-refractivity contribution in [3.05, 3.63) is 42.4 Å². The van der Waals surface area contributed by atoms with Crippen molar-refractivity contribution in [1.29, 1.82) is 0 Å². The van der Waals surface area contributed by atoms with E-state index in [1.54, 1.807) is 11.1 Å². The van der Waals surface area contributed by atoms with Crippen molar-refractivity contribution in [2.75, 3.05) is 26.8 Å². The lowest BCUT2D eigenvalue weighted by molar-refractivity contribution is -0.151. The van der Waals surface area contributed by atoms with E-state index in [9.17, 15) is 14.7 Å². The van der Waals surface area contributed by atoms with Gasteiger partial charge < -0.3 is 19.2 Å². The third-order valence-corrected chi connectivity index (χ3v) is 4.97. The number of hydrogen-bond donors (Lipinski definition) is 1. The van der Waals surface area contributed by atoms with Crippen LogP contribution in [0, 0.1) is 5.41 Å². The van der Waals surface area contributed by atoms with Gasteiger partial charge in [-0.2, -0.15) is 0 Å². The number of rotatable bonds is 8. The van der Waals surface area contributed by atoms with Crippen molar-refractivity contribution in [1.82, 2.24) is 9.88 Å². The highest BCUT2D eigenvalue weighted by Crippen LogP contribution is 2.31. The predicted octanol–water partition coefficient (Wildman–Crippen LogP) is 2.61. The van der Waals surface area contributed by atoms with Crippen molar-refractivity contribution in [2.45, 2.75) is 25.7 Å². The number of aromatic nitrogens is 1. The molecule has 2 heterocycles. The van der Waals surface area contributed by atoms with Crippen LogP contribution < -0.4 is 0 Å². The number of carboxylic acids is 1. The lowest BCUT2D eigenvalue weighted by Crippen LogP contribution is -2.40. The fourth-order valence-electron chi connectivity index (χ4n) is 3.43. The number of carbonyl (C=O) groups excluding carboxylic acids is 1. The smallest absolute Gasteiger partial charge is 0.313 e. The first-order valence-corrected chi connectivity index (χ1v) is 9.04. The van der Waals surface area contributed by atoms with Crippen molar-refractivity contribution >= 4 is 11.9 Å². The van der Waals surface area contributed by atoms with Gasteiger partial charge in [-0.15, -0.1) is 0 Å². The molecular formula is C20H24N2O5. The van der Waals surface area contributed by atoms with E-state index in [4.69, 9.17) is 9.15 Å². The summed E-state index contributed by atoms with van der Waals surface area (Å²) in [5, 5.41) is 9.48. The van der Waals surface area contributed by atoms with Crippen LogP contribution in [0.15, 0.2) is 40.9 Å². The largest absolute Gasteiger partial charge is 0.481 e. The summed E-state index contributed by atoms with van der Waals surface area (Å²) in [4.78, 5) is 29.9. The van der Waals surface area contributed by atoms with E-state index >= 15 is 0 Å². The van der Waals surface area contributed by atoms with Crippen molar-refractivity contribution < 1.29 is 23.8 Å². The van der Waals surface area contributed by atoms with Gasteiger partial charge in [0, 0.05) is 38.6 Å². The SMILES string of the molecule is COCC1(C(=O)O)CCN(C(=O)CCCc2ncc(-c3ccccc3)o2)C1. The number of nitrogens with zero attached hydrogens (tertiary/aromatic N) is 2. The van der Waals surface area contributed by atoms with Gasteiger partial charge in [-0.3, -0.25) is 9.59 Å². The molecule has 1 aliphatic rings. The van der Waals surface area contributed by atoms with E-state index in [-0.39, 0.29) is 19.1 Å². The van der Waals surface area contributed by atoms with Gasteiger partial charge in [-0.1, -0.05) is 30.3 Å². The molecule has 3 rings (SSSR count). The highest BCUT2D eigenvalue weighted by atomic mass is 16.5. The zero-order valence-corrected chi connectivity index (χ0v) is 15.4. The summed E-state index contributed by atoms with van der Waals surface area (Å²) in [6.07, 6.45) is 3.62. The van der Waals surface area contributed by atoms with Crippen LogP contribution in [0.2, 0.25) is 0 Å². The van der Waals surface area contributed by atoms with Gasteiger partial charge in [0.25, 0.3) is 0 Å². The molecule has 0 spiro atoms. The molecule has 0 bridgehead atoms. The van der Waals surface area contributed by atoms with E-state index in [1.165, 1.54) is 7.11 Å². The van der Waals surface area contributed by atoms with E-state index in [0.717, 1.165) is 5.56 Å². The summed E-state index contributed by atoms with van der Waals surface area (Å²) in [5.41, 5.74) is -0.0232. The summed E-state index contributed by atoms with van der Waals surface area (Å²) in [6.45, 7) is 0.766. The highest BCUT2D eigenvalue weighted by Gasteiger charge is 2.46. The summed E-state index contributed by atoms with van der Waals surface area (Å²) < 4.78 is 10.8. The summed E-state index contributed by atoms with van der Waals surface area (Å²) in [6, 6.07) is 9.72. The predicted molar refractivity (Wildman–Crippen MR) is 98.0 cm³/mol. The zero-order valence-electron chi connectivity index (χ0n) is 15.4. The maximum atomic E-state index is 12.4. The average Bonchev–Trinajstić information content (AvgIpc) is 3.31. The standard InChI is InChI=1S/C20H24N2O5/c1-26-14-20(19(24)25)10-11-22(13-20)18(23)9-5-8-17-21-12-16(27-17)15-6-3-2-4-7-15/h2-4,6-7,12H,5,8-11,13-14H2,1H3,(H,24,25). The molecule has 0 saturated carbocycles. The van der Waals surface area contributed by atoms with Crippen LogP contribution in [0.3, 0.4) is 0 Å². The van der Waals surface area contributed by atoms with E-state index in [1.807, 2.05) is 30.3 Å². The lowest BCUT2D eigenvalue weighted by Gasteiger charge is -2.23. The third-order valence-electron chi connectivity index (χ3n) is 4.97. The normalized spacial score (nSPS) is 19.4. The summed E-state index contributed by atoms with van der Waals surface area (Å²) in [7, 11) is 1.48. The van der Waals surface area contributed by atoms with Gasteiger partial charge in [0.05, 0.1) is 12.8 Å². The Morgan fingerprint density at radius 1 is 1.33 bits per heavy atom. The van der Waals surface area contributed by atoms with Crippen molar-refractivity contribution in [3.63, 3.8) is 0 Å². The molecule has 1 aliphatic heterocycles. The molecule has 7 heteroatoms. The first-order chi connectivity index (χ1) is 13.0. The van der Waals surface area contributed by atoms with E-state index < -0.39 is 11.4 Å². The number of aryl methyl sites for hydroxylation is 1. The van der Waals surface area contributed by atoms with Crippen LogP contribution in [0.5, 0.6) is 0 Å². The van der Waals surface area contributed by atoms with Gasteiger partial charge in [0.15, 0.2) is 11.7 Å². The number of hydrogen-bond acceptors (Lipinski definition) is 5. The molecular weight excluding hydrogens is 348 g/mol. The Labute approximate surface area is 158 Å². The molecule has 1 atom stereocenters. The Kier molecular flexibility index (Phi) is 5.91. The maximum absolute atomic E-state index is 12.4. The third kappa shape index (κ3) is 4.36. The Morgan fingerprint density at radius 3 is 2.81 bits per heavy atom. The minimum absolute atomic E-state index is 0.0379.